The molecule has 1 aromatic heterocycles. The molecule has 3 rings (SSSR count). The van der Waals surface area contributed by atoms with E-state index in [4.69, 9.17) is 0 Å². The first-order chi connectivity index (χ1) is 8.72. The average Bonchev–Trinajstić information content (AvgIpc) is 2.38. The van der Waals surface area contributed by atoms with E-state index in [2.05, 4.69) is 10.3 Å². The Balaban J connectivity index is 1.74. The second-order valence-corrected chi connectivity index (χ2v) is 5.39. The molecule has 3 nitrogen and oxygen atoms in total. The lowest BCUT2D eigenvalue weighted by Gasteiger charge is -2.39. The van der Waals surface area contributed by atoms with Crippen LogP contribution in [0.2, 0.25) is 0 Å². The van der Waals surface area contributed by atoms with E-state index in [0.29, 0.717) is 17.8 Å². The molecule has 0 spiro atoms. The first-order valence-corrected chi connectivity index (χ1v) is 6.64. The molecular formula is C14H17FN2O. The highest BCUT2D eigenvalue weighted by Gasteiger charge is 2.35. The van der Waals surface area contributed by atoms with Gasteiger partial charge in [0, 0.05) is 18.0 Å². The summed E-state index contributed by atoms with van der Waals surface area (Å²) in [5.74, 6) is -0.262. The van der Waals surface area contributed by atoms with Crippen LogP contribution in [0.1, 0.15) is 42.6 Å². The monoisotopic (exact) mass is 248 g/mol. The van der Waals surface area contributed by atoms with Gasteiger partial charge in [-0.15, -0.1) is 0 Å². The summed E-state index contributed by atoms with van der Waals surface area (Å²) >= 11 is 0. The molecular weight excluding hydrogens is 231 g/mol. The van der Waals surface area contributed by atoms with Crippen molar-refractivity contribution in [3.8, 4) is 0 Å². The fourth-order valence-electron chi connectivity index (χ4n) is 3.21. The molecule has 96 valence electrons. The molecule has 2 fully saturated rings. The zero-order chi connectivity index (χ0) is 12.5. The van der Waals surface area contributed by atoms with Crippen molar-refractivity contribution in [2.24, 2.45) is 5.92 Å². The summed E-state index contributed by atoms with van der Waals surface area (Å²) in [4.78, 5) is 16.2. The normalized spacial score (nSPS) is 31.1. The van der Waals surface area contributed by atoms with E-state index in [1.807, 2.05) is 0 Å². The maximum Gasteiger partial charge on any atom is 0.184 e. The molecule has 4 heteroatoms. The molecule has 18 heavy (non-hydrogen) atoms. The Morgan fingerprint density at radius 3 is 2.61 bits per heavy atom. The second-order valence-electron chi connectivity index (χ2n) is 5.39. The fraction of sp³-hybridized carbons (Fsp3) is 0.571. The van der Waals surface area contributed by atoms with Crippen LogP contribution in [0.5, 0.6) is 0 Å². The predicted octanol–water partition coefficient (Wildman–Crippen LogP) is 2.32. The Bertz CT molecular complexity index is 434. The summed E-state index contributed by atoms with van der Waals surface area (Å²) < 4.78 is 12.8. The Morgan fingerprint density at radius 1 is 1.28 bits per heavy atom. The molecule has 0 aromatic carbocycles. The van der Waals surface area contributed by atoms with E-state index in [1.54, 1.807) is 0 Å². The molecule has 0 saturated carbocycles. The third kappa shape index (κ3) is 2.29. The van der Waals surface area contributed by atoms with Crippen molar-refractivity contribution in [1.29, 1.82) is 0 Å². The van der Waals surface area contributed by atoms with Gasteiger partial charge in [0.15, 0.2) is 5.78 Å². The minimum absolute atomic E-state index is 0.0551. The number of piperidine rings is 2. The van der Waals surface area contributed by atoms with Gasteiger partial charge < -0.3 is 5.32 Å². The standard InChI is InChI=1S/C14H17FN2O/c15-10-4-5-13(16-8-10)14(18)9-6-11-2-1-3-12(7-9)17-11/h4-5,8-9,11-12,17H,1-3,6-7H2. The predicted molar refractivity (Wildman–Crippen MR) is 65.8 cm³/mol. The van der Waals surface area contributed by atoms with E-state index >= 15 is 0 Å². The quantitative estimate of drug-likeness (QED) is 0.817. The number of fused-ring (bicyclic) bond motifs is 2. The zero-order valence-electron chi connectivity index (χ0n) is 10.2. The lowest BCUT2D eigenvalue weighted by atomic mass is 9.78. The summed E-state index contributed by atoms with van der Waals surface area (Å²) in [6.07, 6.45) is 6.50. The smallest absolute Gasteiger partial charge is 0.184 e. The van der Waals surface area contributed by atoms with Gasteiger partial charge in [-0.1, -0.05) is 6.42 Å². The average molecular weight is 248 g/mol. The number of pyridine rings is 1. The highest BCUT2D eigenvalue weighted by Crippen LogP contribution is 2.31. The van der Waals surface area contributed by atoms with Crippen LogP contribution < -0.4 is 5.32 Å². The van der Waals surface area contributed by atoms with Gasteiger partial charge in [-0.2, -0.15) is 0 Å². The van der Waals surface area contributed by atoms with Crippen molar-refractivity contribution in [3.63, 3.8) is 0 Å². The van der Waals surface area contributed by atoms with Crippen LogP contribution in [0.3, 0.4) is 0 Å². The summed E-state index contributed by atoms with van der Waals surface area (Å²) in [6.45, 7) is 0. The second kappa shape index (κ2) is 4.76. The number of halogens is 1. The molecule has 2 aliphatic heterocycles. The molecule has 0 amide bonds. The Labute approximate surface area is 106 Å². The van der Waals surface area contributed by atoms with Crippen LogP contribution in [0.15, 0.2) is 18.3 Å². The summed E-state index contributed by atoms with van der Waals surface area (Å²) in [5, 5.41) is 3.57. The maximum atomic E-state index is 12.8. The van der Waals surface area contributed by atoms with Crippen LogP contribution in [-0.2, 0) is 0 Å². The van der Waals surface area contributed by atoms with Gasteiger partial charge in [-0.05, 0) is 37.8 Å². The van der Waals surface area contributed by atoms with Gasteiger partial charge in [0.25, 0.3) is 0 Å². The minimum atomic E-state index is -0.395. The molecule has 3 heterocycles. The highest BCUT2D eigenvalue weighted by atomic mass is 19.1. The van der Waals surface area contributed by atoms with Crippen molar-refractivity contribution in [2.75, 3.05) is 0 Å². The number of carbonyl (C=O) groups excluding carboxylic acids is 1. The van der Waals surface area contributed by atoms with Gasteiger partial charge in [0.2, 0.25) is 0 Å². The van der Waals surface area contributed by atoms with Crippen molar-refractivity contribution >= 4 is 5.78 Å². The van der Waals surface area contributed by atoms with Crippen LogP contribution in [0, 0.1) is 11.7 Å². The highest BCUT2D eigenvalue weighted by molar-refractivity contribution is 5.96. The number of carbonyl (C=O) groups is 1. The van der Waals surface area contributed by atoms with Gasteiger partial charge in [0.1, 0.15) is 11.5 Å². The largest absolute Gasteiger partial charge is 0.311 e. The third-order valence-electron chi connectivity index (χ3n) is 4.07. The number of nitrogens with zero attached hydrogens (tertiary/aromatic N) is 1. The van der Waals surface area contributed by atoms with Gasteiger partial charge in [-0.3, -0.25) is 9.78 Å². The first-order valence-electron chi connectivity index (χ1n) is 6.64. The third-order valence-corrected chi connectivity index (χ3v) is 4.07. The molecule has 1 N–H and O–H groups in total. The van der Waals surface area contributed by atoms with Gasteiger partial charge >= 0.3 is 0 Å². The van der Waals surface area contributed by atoms with E-state index in [1.165, 1.54) is 18.6 Å². The van der Waals surface area contributed by atoms with Crippen LogP contribution in [-0.4, -0.2) is 22.9 Å². The van der Waals surface area contributed by atoms with Crippen molar-refractivity contribution in [3.05, 3.63) is 29.8 Å². The Hall–Kier alpha value is -1.29. The minimum Gasteiger partial charge on any atom is -0.311 e. The number of Topliss-reactive ketones (excluding diaryl/α,β-unsaturated/α-hetero) is 1. The summed E-state index contributed by atoms with van der Waals surface area (Å²) in [5.41, 5.74) is 0.404. The van der Waals surface area contributed by atoms with Crippen LogP contribution in [0.25, 0.3) is 0 Å². The lowest BCUT2D eigenvalue weighted by Crippen LogP contribution is -2.50. The van der Waals surface area contributed by atoms with Crippen LogP contribution in [0.4, 0.5) is 4.39 Å². The Morgan fingerprint density at radius 2 is 2.00 bits per heavy atom. The van der Waals surface area contributed by atoms with Crippen molar-refractivity contribution in [2.45, 2.75) is 44.2 Å². The van der Waals surface area contributed by atoms with E-state index in [-0.39, 0.29) is 11.7 Å². The van der Waals surface area contributed by atoms with Crippen molar-refractivity contribution < 1.29 is 9.18 Å². The summed E-state index contributed by atoms with van der Waals surface area (Å²) in [6, 6.07) is 3.76. The maximum absolute atomic E-state index is 12.8. The SMILES string of the molecule is O=C(c1ccc(F)cn1)C1CC2CCCC(C1)N2. The number of aromatic nitrogens is 1. The molecule has 0 aliphatic carbocycles. The first kappa shape index (κ1) is 11.8. The zero-order valence-corrected chi connectivity index (χ0v) is 10.2. The van der Waals surface area contributed by atoms with Crippen LogP contribution >= 0.6 is 0 Å². The molecule has 0 radical (unpaired) electrons. The summed E-state index contributed by atoms with van der Waals surface area (Å²) in [7, 11) is 0. The number of ketones is 1. The number of rotatable bonds is 2. The fourth-order valence-corrected chi connectivity index (χ4v) is 3.21. The van der Waals surface area contributed by atoms with Gasteiger partial charge in [0.05, 0.1) is 6.20 Å². The lowest BCUT2D eigenvalue weighted by molar-refractivity contribution is 0.0820. The van der Waals surface area contributed by atoms with E-state index in [9.17, 15) is 9.18 Å². The molecule has 2 saturated heterocycles. The molecule has 2 atom stereocenters. The van der Waals surface area contributed by atoms with Gasteiger partial charge in [-0.25, -0.2) is 4.39 Å². The molecule has 2 aliphatic rings. The number of hydrogen-bond donors (Lipinski definition) is 1. The molecule has 2 bridgehead atoms. The van der Waals surface area contributed by atoms with E-state index < -0.39 is 5.82 Å². The Kier molecular flexibility index (Phi) is 3.12. The van der Waals surface area contributed by atoms with Crippen molar-refractivity contribution in [1.82, 2.24) is 10.3 Å². The number of hydrogen-bond acceptors (Lipinski definition) is 3. The molecule has 2 unspecified atom stereocenters. The topological polar surface area (TPSA) is 42.0 Å². The molecule has 1 aromatic rings. The number of nitrogens with one attached hydrogen (secondary N) is 1. The van der Waals surface area contributed by atoms with E-state index in [0.717, 1.165) is 31.9 Å².